The van der Waals surface area contributed by atoms with E-state index >= 15 is 0 Å². The number of hydrogen-bond acceptors (Lipinski definition) is 2. The molecule has 29 heavy (non-hydrogen) atoms. The van der Waals surface area contributed by atoms with Gasteiger partial charge in [-0.25, -0.2) is 0 Å². The van der Waals surface area contributed by atoms with Gasteiger partial charge in [-0.15, -0.1) is 0 Å². The summed E-state index contributed by atoms with van der Waals surface area (Å²) in [5, 5.41) is 0. The number of halogens is 3. The van der Waals surface area contributed by atoms with E-state index in [1.807, 2.05) is 60.7 Å². The Balaban J connectivity index is 1.80. The van der Waals surface area contributed by atoms with E-state index in [-0.39, 0.29) is 0 Å². The normalized spacial score (nSPS) is 12.7. The van der Waals surface area contributed by atoms with E-state index in [9.17, 15) is 18.0 Å². The lowest BCUT2D eigenvalue weighted by atomic mass is 10.0. The molecule has 0 N–H and O–H groups in total. The van der Waals surface area contributed by atoms with E-state index in [1.165, 1.54) is 12.1 Å². The first-order valence-electron chi connectivity index (χ1n) is 9.39. The summed E-state index contributed by atoms with van der Waals surface area (Å²) in [4.78, 5) is 14.0. The molecular formula is C24H22F3NO. The van der Waals surface area contributed by atoms with Crippen LogP contribution in [-0.4, -0.2) is 17.2 Å². The third-order valence-electron chi connectivity index (χ3n) is 4.81. The number of alkyl halides is 3. The Morgan fingerprint density at radius 2 is 1.21 bits per heavy atom. The van der Waals surface area contributed by atoms with Crippen LogP contribution >= 0.6 is 0 Å². The largest absolute Gasteiger partial charge is 0.416 e. The predicted octanol–water partition coefficient (Wildman–Crippen LogP) is 5.52. The molecule has 3 aromatic rings. The molecule has 0 fully saturated rings. The number of carbonyl (C=O) groups is 1. The molecule has 0 aromatic heterocycles. The summed E-state index contributed by atoms with van der Waals surface area (Å²) in [6.45, 7) is 1.14. The molecule has 0 spiro atoms. The SMILES string of the molecule is O=C[C@H](Cc1ccc(C(F)(F)F)cc1)N(Cc1ccccc1)Cc1ccccc1. The number of aldehydes is 1. The molecular weight excluding hydrogens is 375 g/mol. The molecule has 0 saturated heterocycles. The highest BCUT2D eigenvalue weighted by molar-refractivity contribution is 5.58. The second-order valence-corrected chi connectivity index (χ2v) is 6.98. The van der Waals surface area contributed by atoms with Crippen molar-refractivity contribution in [3.63, 3.8) is 0 Å². The van der Waals surface area contributed by atoms with Crippen molar-refractivity contribution in [2.45, 2.75) is 31.7 Å². The molecule has 0 heterocycles. The minimum absolute atomic E-state index is 0.349. The fourth-order valence-electron chi connectivity index (χ4n) is 3.26. The zero-order valence-electron chi connectivity index (χ0n) is 15.8. The Morgan fingerprint density at radius 3 is 1.62 bits per heavy atom. The zero-order chi connectivity index (χ0) is 20.7. The van der Waals surface area contributed by atoms with Crippen LogP contribution in [0.25, 0.3) is 0 Å². The summed E-state index contributed by atoms with van der Waals surface area (Å²) >= 11 is 0. The van der Waals surface area contributed by atoms with E-state index in [0.29, 0.717) is 25.1 Å². The highest BCUT2D eigenvalue weighted by Gasteiger charge is 2.30. The first-order chi connectivity index (χ1) is 14.0. The van der Waals surface area contributed by atoms with Crippen LogP contribution in [0.5, 0.6) is 0 Å². The monoisotopic (exact) mass is 397 g/mol. The van der Waals surface area contributed by atoms with Crippen molar-refractivity contribution in [2.24, 2.45) is 0 Å². The highest BCUT2D eigenvalue weighted by Crippen LogP contribution is 2.29. The van der Waals surface area contributed by atoms with E-state index in [2.05, 4.69) is 4.90 Å². The smallest absolute Gasteiger partial charge is 0.302 e. The molecule has 150 valence electrons. The second kappa shape index (κ2) is 9.52. The third kappa shape index (κ3) is 6.03. The Hall–Kier alpha value is -2.92. The number of rotatable bonds is 8. The summed E-state index contributed by atoms with van der Waals surface area (Å²) in [5.41, 5.74) is 2.15. The van der Waals surface area contributed by atoms with Gasteiger partial charge in [0, 0.05) is 13.1 Å². The van der Waals surface area contributed by atoms with Gasteiger partial charge < -0.3 is 4.79 Å². The fourth-order valence-corrected chi connectivity index (χ4v) is 3.26. The van der Waals surface area contributed by atoms with Gasteiger partial charge in [0.05, 0.1) is 11.6 Å². The molecule has 3 rings (SSSR count). The van der Waals surface area contributed by atoms with Crippen molar-refractivity contribution >= 4 is 6.29 Å². The van der Waals surface area contributed by atoms with E-state index < -0.39 is 17.8 Å². The third-order valence-corrected chi connectivity index (χ3v) is 4.81. The summed E-state index contributed by atoms with van der Waals surface area (Å²) < 4.78 is 38.4. The Kier molecular flexibility index (Phi) is 6.83. The molecule has 0 aliphatic carbocycles. The number of benzene rings is 3. The van der Waals surface area contributed by atoms with Gasteiger partial charge in [0.1, 0.15) is 6.29 Å². The molecule has 0 radical (unpaired) electrons. The van der Waals surface area contributed by atoms with Gasteiger partial charge in [0.25, 0.3) is 0 Å². The van der Waals surface area contributed by atoms with Gasteiger partial charge in [-0.1, -0.05) is 72.8 Å². The molecule has 5 heteroatoms. The summed E-state index contributed by atoms with van der Waals surface area (Å²) in [6.07, 6.45) is -3.14. The summed E-state index contributed by atoms with van der Waals surface area (Å²) in [7, 11) is 0. The van der Waals surface area contributed by atoms with Crippen LogP contribution in [0.3, 0.4) is 0 Å². The first kappa shape index (κ1) is 20.8. The van der Waals surface area contributed by atoms with Crippen LogP contribution in [-0.2, 0) is 30.5 Å². The van der Waals surface area contributed by atoms with Crippen molar-refractivity contribution in [2.75, 3.05) is 0 Å². The number of hydrogen-bond donors (Lipinski definition) is 0. The second-order valence-electron chi connectivity index (χ2n) is 6.98. The summed E-state index contributed by atoms with van der Waals surface area (Å²) in [5.74, 6) is 0. The predicted molar refractivity (Wildman–Crippen MR) is 107 cm³/mol. The fraction of sp³-hybridized carbons (Fsp3) is 0.208. The Bertz CT molecular complexity index is 851. The summed E-state index contributed by atoms with van der Waals surface area (Å²) in [6, 6.07) is 24.2. The van der Waals surface area contributed by atoms with Crippen molar-refractivity contribution < 1.29 is 18.0 Å². The molecule has 0 saturated carbocycles. The highest BCUT2D eigenvalue weighted by atomic mass is 19.4. The molecule has 0 amide bonds. The lowest BCUT2D eigenvalue weighted by molar-refractivity contribution is -0.137. The van der Waals surface area contributed by atoms with E-state index in [4.69, 9.17) is 0 Å². The molecule has 3 aromatic carbocycles. The first-order valence-corrected chi connectivity index (χ1v) is 9.39. The maximum Gasteiger partial charge on any atom is 0.416 e. The van der Waals surface area contributed by atoms with Gasteiger partial charge in [0.15, 0.2) is 0 Å². The van der Waals surface area contributed by atoms with E-state index in [1.54, 1.807) is 0 Å². The van der Waals surface area contributed by atoms with Gasteiger partial charge in [-0.3, -0.25) is 4.90 Å². The van der Waals surface area contributed by atoms with Gasteiger partial charge in [-0.2, -0.15) is 13.2 Å². The molecule has 1 atom stereocenters. The lowest BCUT2D eigenvalue weighted by Gasteiger charge is -2.28. The Morgan fingerprint density at radius 1 is 0.724 bits per heavy atom. The topological polar surface area (TPSA) is 20.3 Å². The number of nitrogens with zero attached hydrogens (tertiary/aromatic N) is 1. The van der Waals surface area contributed by atoms with Crippen LogP contribution in [0.15, 0.2) is 84.9 Å². The average molecular weight is 397 g/mol. The molecule has 2 nitrogen and oxygen atoms in total. The van der Waals surface area contributed by atoms with Gasteiger partial charge in [-0.05, 0) is 35.2 Å². The van der Waals surface area contributed by atoms with Crippen LogP contribution in [0, 0.1) is 0 Å². The maximum absolute atomic E-state index is 12.8. The van der Waals surface area contributed by atoms with Crippen molar-refractivity contribution in [1.82, 2.24) is 4.90 Å². The minimum Gasteiger partial charge on any atom is -0.302 e. The van der Waals surface area contributed by atoms with Crippen molar-refractivity contribution in [3.05, 3.63) is 107 Å². The molecule has 0 bridgehead atoms. The maximum atomic E-state index is 12.8. The van der Waals surface area contributed by atoms with Gasteiger partial charge >= 0.3 is 6.18 Å². The van der Waals surface area contributed by atoms with E-state index in [0.717, 1.165) is 29.5 Å². The zero-order valence-corrected chi connectivity index (χ0v) is 15.8. The van der Waals surface area contributed by atoms with Crippen molar-refractivity contribution in [3.8, 4) is 0 Å². The van der Waals surface area contributed by atoms with Gasteiger partial charge in [0.2, 0.25) is 0 Å². The van der Waals surface area contributed by atoms with Crippen LogP contribution < -0.4 is 0 Å². The standard InChI is InChI=1S/C24H22F3NO/c25-24(26,27)22-13-11-19(12-14-22)15-23(18-29)28(16-20-7-3-1-4-8-20)17-21-9-5-2-6-10-21/h1-14,18,23H,15-17H2/t23-/m0/s1. The Labute approximate surface area is 168 Å². The van der Waals surface area contributed by atoms with Crippen LogP contribution in [0.4, 0.5) is 13.2 Å². The van der Waals surface area contributed by atoms with Crippen LogP contribution in [0.1, 0.15) is 22.3 Å². The quantitative estimate of drug-likeness (QED) is 0.467. The number of carbonyl (C=O) groups excluding carboxylic acids is 1. The van der Waals surface area contributed by atoms with Crippen molar-refractivity contribution in [1.29, 1.82) is 0 Å². The van der Waals surface area contributed by atoms with Crippen LogP contribution in [0.2, 0.25) is 0 Å². The average Bonchev–Trinajstić information content (AvgIpc) is 2.73. The molecule has 0 aliphatic heterocycles. The molecule has 0 unspecified atom stereocenters. The molecule has 0 aliphatic rings. The minimum atomic E-state index is -4.37. The lowest BCUT2D eigenvalue weighted by Crippen LogP contribution is -2.37.